The molecule has 0 bridgehead atoms. The van der Waals surface area contributed by atoms with Gasteiger partial charge in [0.15, 0.2) is 0 Å². The van der Waals surface area contributed by atoms with E-state index in [0.717, 1.165) is 48.8 Å². The Balaban J connectivity index is 1.41. The molecule has 3 heterocycles. The van der Waals surface area contributed by atoms with E-state index in [9.17, 15) is 4.79 Å². The summed E-state index contributed by atoms with van der Waals surface area (Å²) >= 11 is 0. The van der Waals surface area contributed by atoms with Gasteiger partial charge in [-0.15, -0.1) is 0 Å². The first kappa shape index (κ1) is 19.2. The van der Waals surface area contributed by atoms with Gasteiger partial charge in [0.2, 0.25) is 0 Å². The highest BCUT2D eigenvalue weighted by Crippen LogP contribution is 2.25. The van der Waals surface area contributed by atoms with E-state index in [1.807, 2.05) is 41.4 Å². The number of carbonyl (C=O) groups is 1. The van der Waals surface area contributed by atoms with Crippen LogP contribution in [0.2, 0.25) is 0 Å². The number of benzene rings is 1. The summed E-state index contributed by atoms with van der Waals surface area (Å²) in [6.45, 7) is 8.60. The standard InChI is InChI=1S/C23H27N5O/c1-16-4-5-21(12-17(16)2)26-23(29)27-11-8-19(14-27)15-28-18(3)13-25-22(28)20-6-9-24-10-7-20/h4-7,9-10,12-13,19H,8,11,14-15H2,1-3H3,(H,26,29). The summed E-state index contributed by atoms with van der Waals surface area (Å²) in [5.74, 6) is 1.37. The third-order valence-corrected chi connectivity index (χ3v) is 5.77. The average molecular weight is 390 g/mol. The molecule has 1 aliphatic rings. The van der Waals surface area contributed by atoms with Crippen molar-refractivity contribution in [3.63, 3.8) is 0 Å². The predicted octanol–water partition coefficient (Wildman–Crippen LogP) is 4.42. The SMILES string of the molecule is Cc1ccc(NC(=O)N2CCC(Cn3c(C)cnc3-c3ccncc3)C2)cc1C. The first-order valence-corrected chi connectivity index (χ1v) is 10.1. The minimum absolute atomic E-state index is 0.0209. The van der Waals surface area contributed by atoms with Crippen molar-refractivity contribution in [3.05, 3.63) is 65.7 Å². The number of pyridine rings is 1. The zero-order valence-electron chi connectivity index (χ0n) is 17.2. The highest BCUT2D eigenvalue weighted by molar-refractivity contribution is 5.89. The highest BCUT2D eigenvalue weighted by atomic mass is 16.2. The number of aromatic nitrogens is 3. The van der Waals surface area contributed by atoms with Gasteiger partial charge >= 0.3 is 6.03 Å². The molecule has 1 fully saturated rings. The van der Waals surface area contributed by atoms with Crippen molar-refractivity contribution in [2.75, 3.05) is 18.4 Å². The van der Waals surface area contributed by atoms with E-state index >= 15 is 0 Å². The van der Waals surface area contributed by atoms with Crippen molar-refractivity contribution in [2.45, 2.75) is 33.7 Å². The van der Waals surface area contributed by atoms with Crippen molar-refractivity contribution in [1.82, 2.24) is 19.4 Å². The van der Waals surface area contributed by atoms with Crippen molar-refractivity contribution in [2.24, 2.45) is 5.92 Å². The molecule has 0 saturated carbocycles. The number of imidazole rings is 1. The molecule has 0 aliphatic carbocycles. The lowest BCUT2D eigenvalue weighted by molar-refractivity contribution is 0.220. The molecule has 6 heteroatoms. The molecule has 29 heavy (non-hydrogen) atoms. The summed E-state index contributed by atoms with van der Waals surface area (Å²) in [5.41, 5.74) is 5.46. The van der Waals surface area contributed by atoms with Gasteiger partial charge in [0.25, 0.3) is 0 Å². The minimum Gasteiger partial charge on any atom is -0.328 e. The molecule has 1 unspecified atom stereocenters. The largest absolute Gasteiger partial charge is 0.328 e. The van der Waals surface area contributed by atoms with Crippen LogP contribution in [-0.2, 0) is 6.54 Å². The van der Waals surface area contributed by atoms with Gasteiger partial charge in [0, 0.05) is 55.2 Å². The van der Waals surface area contributed by atoms with Crippen molar-refractivity contribution >= 4 is 11.7 Å². The van der Waals surface area contributed by atoms with Crippen LogP contribution in [0.4, 0.5) is 10.5 Å². The predicted molar refractivity (Wildman–Crippen MR) is 115 cm³/mol. The fourth-order valence-corrected chi connectivity index (χ4v) is 3.87. The zero-order chi connectivity index (χ0) is 20.4. The molecule has 4 rings (SSSR count). The van der Waals surface area contributed by atoms with Crippen LogP contribution in [0.1, 0.15) is 23.2 Å². The Kier molecular flexibility index (Phi) is 5.34. The first-order chi connectivity index (χ1) is 14.0. The third kappa shape index (κ3) is 4.16. The number of nitrogens with one attached hydrogen (secondary N) is 1. The highest BCUT2D eigenvalue weighted by Gasteiger charge is 2.27. The van der Waals surface area contributed by atoms with Gasteiger partial charge in [-0.1, -0.05) is 6.07 Å². The summed E-state index contributed by atoms with van der Waals surface area (Å²) in [6.07, 6.45) is 6.49. The van der Waals surface area contributed by atoms with Crippen LogP contribution in [0.3, 0.4) is 0 Å². The quantitative estimate of drug-likeness (QED) is 0.718. The molecule has 2 aromatic heterocycles. The summed E-state index contributed by atoms with van der Waals surface area (Å²) in [6, 6.07) is 9.97. The Morgan fingerprint density at radius 1 is 1.14 bits per heavy atom. The molecule has 1 atom stereocenters. The van der Waals surface area contributed by atoms with E-state index in [1.54, 1.807) is 12.4 Å². The third-order valence-electron chi connectivity index (χ3n) is 5.77. The molecule has 1 saturated heterocycles. The van der Waals surface area contributed by atoms with E-state index in [1.165, 1.54) is 11.1 Å². The molecule has 0 radical (unpaired) electrons. The molecular weight excluding hydrogens is 362 g/mol. The van der Waals surface area contributed by atoms with Crippen LogP contribution in [0.15, 0.2) is 48.9 Å². The molecule has 2 amide bonds. The van der Waals surface area contributed by atoms with E-state index < -0.39 is 0 Å². The lowest BCUT2D eigenvalue weighted by atomic mass is 10.1. The zero-order valence-corrected chi connectivity index (χ0v) is 17.2. The monoisotopic (exact) mass is 389 g/mol. The molecule has 0 spiro atoms. The van der Waals surface area contributed by atoms with Crippen LogP contribution in [0.5, 0.6) is 0 Å². The van der Waals surface area contributed by atoms with Crippen LogP contribution in [-0.4, -0.2) is 38.6 Å². The summed E-state index contributed by atoms with van der Waals surface area (Å²) in [5, 5.41) is 3.04. The number of aryl methyl sites for hydroxylation is 3. The number of nitrogens with zero attached hydrogens (tertiary/aromatic N) is 4. The number of likely N-dealkylation sites (tertiary alicyclic amines) is 1. The normalized spacial score (nSPS) is 16.2. The lowest BCUT2D eigenvalue weighted by Crippen LogP contribution is -2.33. The lowest BCUT2D eigenvalue weighted by Gasteiger charge is -2.19. The van der Waals surface area contributed by atoms with Gasteiger partial charge in [0.1, 0.15) is 5.82 Å². The topological polar surface area (TPSA) is 63.1 Å². The number of rotatable bonds is 4. The number of amides is 2. The maximum atomic E-state index is 12.7. The molecule has 1 aliphatic heterocycles. The Morgan fingerprint density at radius 2 is 1.93 bits per heavy atom. The maximum Gasteiger partial charge on any atom is 0.321 e. The van der Waals surface area contributed by atoms with Crippen LogP contribution in [0.25, 0.3) is 11.4 Å². The molecule has 3 aromatic rings. The summed E-state index contributed by atoms with van der Waals surface area (Å²) in [4.78, 5) is 23.3. The van der Waals surface area contributed by atoms with E-state index in [2.05, 4.69) is 40.6 Å². The summed E-state index contributed by atoms with van der Waals surface area (Å²) in [7, 11) is 0. The maximum absolute atomic E-state index is 12.7. The number of urea groups is 1. The van der Waals surface area contributed by atoms with Gasteiger partial charge < -0.3 is 14.8 Å². The van der Waals surface area contributed by atoms with Gasteiger partial charge in [-0.25, -0.2) is 9.78 Å². The Morgan fingerprint density at radius 3 is 2.69 bits per heavy atom. The fourth-order valence-electron chi connectivity index (χ4n) is 3.87. The van der Waals surface area contributed by atoms with Crippen molar-refractivity contribution < 1.29 is 4.79 Å². The second-order valence-corrected chi connectivity index (χ2v) is 7.90. The molecule has 150 valence electrons. The van der Waals surface area contributed by atoms with Crippen LogP contribution in [0, 0.1) is 26.7 Å². The Bertz CT molecular complexity index is 1010. The number of hydrogen-bond acceptors (Lipinski definition) is 3. The first-order valence-electron chi connectivity index (χ1n) is 10.1. The van der Waals surface area contributed by atoms with Crippen molar-refractivity contribution in [3.8, 4) is 11.4 Å². The van der Waals surface area contributed by atoms with Crippen LogP contribution < -0.4 is 5.32 Å². The smallest absolute Gasteiger partial charge is 0.321 e. The molecule has 6 nitrogen and oxygen atoms in total. The molecular formula is C23H27N5O. The second kappa shape index (κ2) is 8.07. The van der Waals surface area contributed by atoms with Crippen LogP contribution >= 0.6 is 0 Å². The van der Waals surface area contributed by atoms with Gasteiger partial charge in [-0.05, 0) is 68.5 Å². The molecule has 1 N–H and O–H groups in total. The average Bonchev–Trinajstić information content (AvgIpc) is 3.33. The van der Waals surface area contributed by atoms with E-state index in [-0.39, 0.29) is 6.03 Å². The summed E-state index contributed by atoms with van der Waals surface area (Å²) < 4.78 is 2.25. The van der Waals surface area contributed by atoms with Crippen molar-refractivity contribution in [1.29, 1.82) is 0 Å². The molecule has 1 aromatic carbocycles. The number of carbonyl (C=O) groups excluding carboxylic acids is 1. The van der Waals surface area contributed by atoms with Gasteiger partial charge in [-0.2, -0.15) is 0 Å². The Labute approximate surface area is 171 Å². The van der Waals surface area contributed by atoms with Gasteiger partial charge in [-0.3, -0.25) is 4.98 Å². The minimum atomic E-state index is -0.0209. The fraction of sp³-hybridized carbons (Fsp3) is 0.348. The van der Waals surface area contributed by atoms with E-state index in [0.29, 0.717) is 5.92 Å². The van der Waals surface area contributed by atoms with Gasteiger partial charge in [0.05, 0.1) is 0 Å². The number of hydrogen-bond donors (Lipinski definition) is 1. The second-order valence-electron chi connectivity index (χ2n) is 7.90. The van der Waals surface area contributed by atoms with E-state index in [4.69, 9.17) is 0 Å². The number of anilines is 1. The Hall–Kier alpha value is -3.15.